The normalized spacial score (nSPS) is 14.2. The quantitative estimate of drug-likeness (QED) is 0.819. The van der Waals surface area contributed by atoms with Crippen molar-refractivity contribution in [2.24, 2.45) is 5.41 Å². The van der Waals surface area contributed by atoms with E-state index in [2.05, 4.69) is 5.32 Å². The molecule has 120 valence electrons. The average molecular weight is 319 g/mol. The second-order valence-electron chi connectivity index (χ2n) is 6.23. The van der Waals surface area contributed by atoms with Crippen LogP contribution in [0.15, 0.2) is 23.1 Å². The fourth-order valence-corrected chi connectivity index (χ4v) is 3.84. The first-order chi connectivity index (χ1) is 9.58. The molecule has 0 saturated carbocycles. The summed E-state index contributed by atoms with van der Waals surface area (Å²) >= 11 is 0. The molecule has 0 bridgehead atoms. The van der Waals surface area contributed by atoms with Gasteiger partial charge in [-0.2, -0.15) is 0 Å². The number of rotatable bonds is 6. The van der Waals surface area contributed by atoms with Crippen molar-refractivity contribution in [3.05, 3.63) is 29.8 Å². The summed E-state index contributed by atoms with van der Waals surface area (Å²) < 4.78 is 51.4. The Bertz CT molecular complexity index is 580. The van der Waals surface area contributed by atoms with Crippen LogP contribution in [-0.4, -0.2) is 26.8 Å². The highest BCUT2D eigenvalue weighted by atomic mass is 32.2. The van der Waals surface area contributed by atoms with Gasteiger partial charge in [-0.25, -0.2) is 17.2 Å². The lowest BCUT2D eigenvalue weighted by Crippen LogP contribution is -2.45. The van der Waals surface area contributed by atoms with Crippen LogP contribution in [0.3, 0.4) is 0 Å². The molecule has 0 heterocycles. The van der Waals surface area contributed by atoms with E-state index in [4.69, 9.17) is 0 Å². The fraction of sp³-hybridized carbons (Fsp3) is 0.600. The molecule has 1 unspecified atom stereocenters. The first kappa shape index (κ1) is 18.0. The van der Waals surface area contributed by atoms with E-state index >= 15 is 0 Å². The van der Waals surface area contributed by atoms with Gasteiger partial charge in [0.1, 0.15) is 16.5 Å². The summed E-state index contributed by atoms with van der Waals surface area (Å²) in [6.45, 7) is 8.45. The van der Waals surface area contributed by atoms with Crippen LogP contribution in [-0.2, 0) is 9.84 Å². The Morgan fingerprint density at radius 2 is 1.86 bits per heavy atom. The van der Waals surface area contributed by atoms with Crippen molar-refractivity contribution in [2.75, 3.05) is 12.3 Å². The Hall–Kier alpha value is -1.01. The zero-order chi connectivity index (χ0) is 16.3. The smallest absolute Gasteiger partial charge is 0.182 e. The summed E-state index contributed by atoms with van der Waals surface area (Å²) in [5, 5.41) is 3.19. The summed E-state index contributed by atoms with van der Waals surface area (Å²) in [5.74, 6) is -2.06. The number of sulfone groups is 1. The zero-order valence-electron chi connectivity index (χ0n) is 12.9. The van der Waals surface area contributed by atoms with E-state index in [-0.39, 0.29) is 17.2 Å². The second kappa shape index (κ2) is 6.83. The first-order valence-corrected chi connectivity index (χ1v) is 8.64. The molecule has 6 heteroatoms. The molecule has 1 N–H and O–H groups in total. The van der Waals surface area contributed by atoms with Crippen LogP contribution in [0, 0.1) is 17.0 Å². The number of benzene rings is 1. The maximum atomic E-state index is 13.7. The third-order valence-corrected chi connectivity index (χ3v) is 5.07. The summed E-state index contributed by atoms with van der Waals surface area (Å²) in [6, 6.07) is 2.23. The lowest BCUT2D eigenvalue weighted by atomic mass is 9.88. The molecule has 0 amide bonds. The van der Waals surface area contributed by atoms with Crippen LogP contribution in [0.2, 0.25) is 0 Å². The number of halogens is 2. The Morgan fingerprint density at radius 1 is 1.24 bits per heavy atom. The third kappa shape index (κ3) is 5.04. The van der Waals surface area contributed by atoms with Crippen molar-refractivity contribution >= 4 is 9.84 Å². The Kier molecular flexibility index (Phi) is 5.87. The van der Waals surface area contributed by atoms with E-state index in [1.54, 1.807) is 0 Å². The van der Waals surface area contributed by atoms with Crippen molar-refractivity contribution < 1.29 is 17.2 Å². The van der Waals surface area contributed by atoms with Gasteiger partial charge in [-0.3, -0.25) is 0 Å². The molecule has 0 radical (unpaired) electrons. The van der Waals surface area contributed by atoms with Crippen molar-refractivity contribution in [3.8, 4) is 0 Å². The van der Waals surface area contributed by atoms with Gasteiger partial charge in [0, 0.05) is 12.1 Å². The van der Waals surface area contributed by atoms with E-state index in [1.165, 1.54) is 0 Å². The number of hydrogen-bond donors (Lipinski definition) is 1. The second-order valence-corrected chi connectivity index (χ2v) is 8.23. The van der Waals surface area contributed by atoms with Gasteiger partial charge in [0.25, 0.3) is 0 Å². The predicted molar refractivity (Wildman–Crippen MR) is 79.9 cm³/mol. The van der Waals surface area contributed by atoms with E-state index in [9.17, 15) is 17.2 Å². The largest absolute Gasteiger partial charge is 0.312 e. The molecular weight excluding hydrogens is 296 g/mol. The van der Waals surface area contributed by atoms with Gasteiger partial charge in [0.15, 0.2) is 9.84 Å². The standard InChI is InChI=1S/C15H23F2NO2S/c1-5-8-18-14(15(2,3)4)10-21(19,20)13-7-6-11(16)9-12(13)17/h6-7,9,14,18H,5,8,10H2,1-4H3. The van der Waals surface area contributed by atoms with Crippen molar-refractivity contribution in [2.45, 2.75) is 45.1 Å². The highest BCUT2D eigenvalue weighted by Crippen LogP contribution is 2.24. The van der Waals surface area contributed by atoms with Crippen LogP contribution in [0.4, 0.5) is 8.78 Å². The van der Waals surface area contributed by atoms with Crippen LogP contribution >= 0.6 is 0 Å². The average Bonchev–Trinajstić information content (AvgIpc) is 2.32. The highest BCUT2D eigenvalue weighted by molar-refractivity contribution is 7.91. The summed E-state index contributed by atoms with van der Waals surface area (Å²) in [5.41, 5.74) is -0.293. The van der Waals surface area contributed by atoms with Gasteiger partial charge in [-0.05, 0) is 30.5 Å². The van der Waals surface area contributed by atoms with Crippen molar-refractivity contribution in [1.29, 1.82) is 0 Å². The molecule has 1 aromatic carbocycles. The molecule has 0 aromatic heterocycles. The van der Waals surface area contributed by atoms with E-state index in [0.717, 1.165) is 18.6 Å². The molecule has 0 spiro atoms. The Morgan fingerprint density at radius 3 is 2.33 bits per heavy atom. The molecule has 3 nitrogen and oxygen atoms in total. The maximum absolute atomic E-state index is 13.7. The number of hydrogen-bond acceptors (Lipinski definition) is 3. The maximum Gasteiger partial charge on any atom is 0.182 e. The predicted octanol–water partition coefficient (Wildman–Crippen LogP) is 3.15. The molecule has 0 aliphatic carbocycles. The summed E-state index contributed by atoms with van der Waals surface area (Å²) in [6.07, 6.45) is 0.873. The van der Waals surface area contributed by atoms with E-state index < -0.39 is 26.4 Å². The highest BCUT2D eigenvalue weighted by Gasteiger charge is 2.31. The van der Waals surface area contributed by atoms with Gasteiger partial charge >= 0.3 is 0 Å². The Balaban J connectivity index is 3.06. The third-order valence-electron chi connectivity index (χ3n) is 3.30. The SMILES string of the molecule is CCCNC(CS(=O)(=O)c1ccc(F)cc1F)C(C)(C)C. The molecule has 0 aliphatic rings. The van der Waals surface area contributed by atoms with Crippen molar-refractivity contribution in [3.63, 3.8) is 0 Å². The summed E-state index contributed by atoms with van der Waals surface area (Å²) in [7, 11) is -3.82. The monoisotopic (exact) mass is 319 g/mol. The van der Waals surface area contributed by atoms with Crippen LogP contribution in [0.25, 0.3) is 0 Å². The molecule has 1 aromatic rings. The zero-order valence-corrected chi connectivity index (χ0v) is 13.7. The van der Waals surface area contributed by atoms with Gasteiger partial charge in [0.2, 0.25) is 0 Å². The molecule has 0 saturated heterocycles. The number of nitrogens with one attached hydrogen (secondary N) is 1. The Labute approximate surface area is 125 Å². The minimum atomic E-state index is -3.82. The van der Waals surface area contributed by atoms with Crippen LogP contribution in [0.1, 0.15) is 34.1 Å². The lowest BCUT2D eigenvalue weighted by molar-refractivity contribution is 0.288. The van der Waals surface area contributed by atoms with Crippen LogP contribution < -0.4 is 5.32 Å². The van der Waals surface area contributed by atoms with Crippen LogP contribution in [0.5, 0.6) is 0 Å². The minimum Gasteiger partial charge on any atom is -0.312 e. The van der Waals surface area contributed by atoms with Gasteiger partial charge < -0.3 is 5.32 Å². The topological polar surface area (TPSA) is 46.2 Å². The molecular formula is C15H23F2NO2S. The molecule has 1 rings (SSSR count). The van der Waals surface area contributed by atoms with Gasteiger partial charge in [0.05, 0.1) is 5.75 Å². The molecule has 0 fully saturated rings. The lowest BCUT2D eigenvalue weighted by Gasteiger charge is -2.31. The molecule has 0 aliphatic heterocycles. The molecule has 1 atom stereocenters. The van der Waals surface area contributed by atoms with Gasteiger partial charge in [-0.15, -0.1) is 0 Å². The van der Waals surface area contributed by atoms with Crippen molar-refractivity contribution in [1.82, 2.24) is 5.32 Å². The fourth-order valence-electron chi connectivity index (χ4n) is 1.97. The van der Waals surface area contributed by atoms with E-state index in [0.29, 0.717) is 12.6 Å². The van der Waals surface area contributed by atoms with Gasteiger partial charge in [-0.1, -0.05) is 27.7 Å². The molecule has 21 heavy (non-hydrogen) atoms. The summed E-state index contributed by atoms with van der Waals surface area (Å²) in [4.78, 5) is -0.448. The van der Waals surface area contributed by atoms with E-state index in [1.807, 2.05) is 27.7 Å². The first-order valence-electron chi connectivity index (χ1n) is 6.99. The minimum absolute atomic E-state index is 0.223.